The van der Waals surface area contributed by atoms with Crippen molar-refractivity contribution in [1.82, 2.24) is 0 Å². The van der Waals surface area contributed by atoms with Crippen molar-refractivity contribution in [3.63, 3.8) is 0 Å². The fourth-order valence-electron chi connectivity index (χ4n) is 4.58. The highest BCUT2D eigenvalue weighted by atomic mass is 16.1. The third-order valence-corrected chi connectivity index (χ3v) is 5.52. The van der Waals surface area contributed by atoms with Gasteiger partial charge in [0.1, 0.15) is 11.6 Å². The lowest BCUT2D eigenvalue weighted by molar-refractivity contribution is -0.151. The van der Waals surface area contributed by atoms with Crippen molar-refractivity contribution < 1.29 is 14.4 Å². The molecule has 0 bridgehead atoms. The molecular formula is C16H20O3. The Morgan fingerprint density at radius 3 is 2.68 bits per heavy atom. The summed E-state index contributed by atoms with van der Waals surface area (Å²) in [5.74, 6) is 0.551. The molecule has 3 aliphatic rings. The molecule has 0 aromatic carbocycles. The van der Waals surface area contributed by atoms with Crippen LogP contribution in [0.2, 0.25) is 0 Å². The van der Waals surface area contributed by atoms with Gasteiger partial charge in [-0.25, -0.2) is 0 Å². The Labute approximate surface area is 113 Å². The standard InChI is InChI=1S/C16H20O3/c1-9-5-13-11(14(18)6-9)7-15(19)12-4-3-10(17)8-16(12,13)2/h6,11-13H,3-5,7-8H2,1-2H3/t11-,12-,13+,16+/m0/s1. The molecule has 0 aromatic rings. The lowest BCUT2D eigenvalue weighted by Gasteiger charge is -2.52. The van der Waals surface area contributed by atoms with Gasteiger partial charge in [-0.05, 0) is 37.2 Å². The second-order valence-corrected chi connectivity index (χ2v) is 6.79. The number of Topliss-reactive ketones (excluding diaryl/α,β-unsaturated/α-hetero) is 2. The van der Waals surface area contributed by atoms with Crippen LogP contribution in [0.3, 0.4) is 0 Å². The van der Waals surface area contributed by atoms with Crippen LogP contribution in [-0.4, -0.2) is 17.3 Å². The van der Waals surface area contributed by atoms with Gasteiger partial charge in [0, 0.05) is 31.1 Å². The van der Waals surface area contributed by atoms with Crippen LogP contribution < -0.4 is 0 Å². The lowest BCUT2D eigenvalue weighted by Crippen LogP contribution is -2.54. The number of allylic oxidation sites excluding steroid dienone is 2. The van der Waals surface area contributed by atoms with Crippen molar-refractivity contribution >= 4 is 17.3 Å². The molecule has 0 unspecified atom stereocenters. The van der Waals surface area contributed by atoms with Gasteiger partial charge in [0.05, 0.1) is 0 Å². The van der Waals surface area contributed by atoms with Crippen LogP contribution in [0, 0.1) is 23.2 Å². The average molecular weight is 260 g/mol. The van der Waals surface area contributed by atoms with E-state index in [1.54, 1.807) is 6.08 Å². The maximum absolute atomic E-state index is 12.3. The number of fused-ring (bicyclic) bond motifs is 3. The zero-order valence-corrected chi connectivity index (χ0v) is 11.6. The number of hydrogen-bond donors (Lipinski definition) is 0. The molecule has 3 nitrogen and oxygen atoms in total. The number of carbonyl (C=O) groups is 3. The van der Waals surface area contributed by atoms with Crippen LogP contribution in [0.5, 0.6) is 0 Å². The zero-order chi connectivity index (χ0) is 13.8. The number of rotatable bonds is 0. The highest BCUT2D eigenvalue weighted by molar-refractivity contribution is 5.99. The monoisotopic (exact) mass is 260 g/mol. The highest BCUT2D eigenvalue weighted by Gasteiger charge is 2.56. The highest BCUT2D eigenvalue weighted by Crippen LogP contribution is 2.56. The van der Waals surface area contributed by atoms with Crippen LogP contribution in [-0.2, 0) is 14.4 Å². The van der Waals surface area contributed by atoms with E-state index in [1.807, 2.05) is 6.92 Å². The van der Waals surface area contributed by atoms with Crippen LogP contribution in [0.25, 0.3) is 0 Å². The number of ketones is 3. The fraction of sp³-hybridized carbons (Fsp3) is 0.688. The van der Waals surface area contributed by atoms with Crippen molar-refractivity contribution in [3.8, 4) is 0 Å². The molecule has 3 rings (SSSR count). The van der Waals surface area contributed by atoms with Gasteiger partial charge in [0.15, 0.2) is 5.78 Å². The fourth-order valence-corrected chi connectivity index (χ4v) is 4.58. The summed E-state index contributed by atoms with van der Waals surface area (Å²) in [6.07, 6.45) is 4.65. The van der Waals surface area contributed by atoms with Crippen molar-refractivity contribution in [3.05, 3.63) is 11.6 Å². The molecule has 0 saturated heterocycles. The first-order chi connectivity index (χ1) is 8.91. The van der Waals surface area contributed by atoms with Crippen molar-refractivity contribution in [2.45, 2.75) is 46.0 Å². The summed E-state index contributed by atoms with van der Waals surface area (Å²) in [7, 11) is 0. The first-order valence-corrected chi connectivity index (χ1v) is 7.17. The summed E-state index contributed by atoms with van der Waals surface area (Å²) in [5, 5.41) is 0. The first kappa shape index (κ1) is 12.8. The van der Waals surface area contributed by atoms with E-state index in [4.69, 9.17) is 0 Å². The van der Waals surface area contributed by atoms with E-state index >= 15 is 0 Å². The quantitative estimate of drug-likeness (QED) is 0.672. The Hall–Kier alpha value is -1.25. The summed E-state index contributed by atoms with van der Waals surface area (Å²) in [6, 6.07) is 0. The van der Waals surface area contributed by atoms with E-state index in [0.29, 0.717) is 25.7 Å². The predicted molar refractivity (Wildman–Crippen MR) is 70.4 cm³/mol. The molecule has 0 aromatic heterocycles. The number of carbonyl (C=O) groups excluding carboxylic acids is 3. The molecule has 19 heavy (non-hydrogen) atoms. The molecule has 0 amide bonds. The largest absolute Gasteiger partial charge is 0.300 e. The van der Waals surface area contributed by atoms with Crippen LogP contribution in [0.15, 0.2) is 11.6 Å². The zero-order valence-electron chi connectivity index (χ0n) is 11.6. The van der Waals surface area contributed by atoms with E-state index in [0.717, 1.165) is 12.0 Å². The van der Waals surface area contributed by atoms with Crippen molar-refractivity contribution in [2.75, 3.05) is 0 Å². The second-order valence-electron chi connectivity index (χ2n) is 6.79. The van der Waals surface area contributed by atoms with Gasteiger partial charge in [-0.15, -0.1) is 0 Å². The van der Waals surface area contributed by atoms with E-state index in [2.05, 4.69) is 6.92 Å². The Morgan fingerprint density at radius 1 is 1.21 bits per heavy atom. The van der Waals surface area contributed by atoms with E-state index in [9.17, 15) is 14.4 Å². The predicted octanol–water partition coefficient (Wildman–Crippen LogP) is 2.49. The number of hydrogen-bond acceptors (Lipinski definition) is 3. The maximum atomic E-state index is 12.3. The summed E-state index contributed by atoms with van der Waals surface area (Å²) in [6.45, 7) is 4.04. The maximum Gasteiger partial charge on any atom is 0.159 e. The molecule has 2 saturated carbocycles. The molecule has 0 radical (unpaired) electrons. The average Bonchev–Trinajstić information content (AvgIpc) is 2.30. The van der Waals surface area contributed by atoms with E-state index in [1.165, 1.54) is 0 Å². The van der Waals surface area contributed by atoms with Gasteiger partial charge < -0.3 is 0 Å². The van der Waals surface area contributed by atoms with Gasteiger partial charge in [0.2, 0.25) is 0 Å². The minimum atomic E-state index is -0.291. The molecule has 0 heterocycles. The van der Waals surface area contributed by atoms with E-state index in [-0.39, 0.29) is 40.5 Å². The van der Waals surface area contributed by atoms with Gasteiger partial charge in [-0.1, -0.05) is 12.5 Å². The lowest BCUT2D eigenvalue weighted by atomic mass is 9.49. The molecule has 3 aliphatic carbocycles. The summed E-state index contributed by atoms with van der Waals surface area (Å²) in [4.78, 5) is 36.4. The second kappa shape index (κ2) is 4.12. The smallest absolute Gasteiger partial charge is 0.159 e. The molecule has 0 spiro atoms. The Kier molecular flexibility index (Phi) is 2.77. The normalized spacial score (nSPS) is 42.5. The molecule has 102 valence electrons. The minimum absolute atomic E-state index is 0.00912. The third-order valence-electron chi connectivity index (χ3n) is 5.52. The van der Waals surface area contributed by atoms with Crippen LogP contribution in [0.1, 0.15) is 46.0 Å². The molecule has 2 fully saturated rings. The Bertz CT molecular complexity index is 502. The van der Waals surface area contributed by atoms with Crippen LogP contribution >= 0.6 is 0 Å². The van der Waals surface area contributed by atoms with Gasteiger partial charge in [-0.3, -0.25) is 14.4 Å². The van der Waals surface area contributed by atoms with Gasteiger partial charge in [-0.2, -0.15) is 0 Å². The molecular weight excluding hydrogens is 240 g/mol. The first-order valence-electron chi connectivity index (χ1n) is 7.17. The van der Waals surface area contributed by atoms with Crippen molar-refractivity contribution in [1.29, 1.82) is 0 Å². The van der Waals surface area contributed by atoms with Crippen LogP contribution in [0.4, 0.5) is 0 Å². The Balaban J connectivity index is 2.03. The molecule has 0 aliphatic heterocycles. The molecule has 0 N–H and O–H groups in total. The summed E-state index contributed by atoms with van der Waals surface area (Å²) in [5.41, 5.74) is 0.805. The topological polar surface area (TPSA) is 51.2 Å². The van der Waals surface area contributed by atoms with Crippen molar-refractivity contribution in [2.24, 2.45) is 23.2 Å². The van der Waals surface area contributed by atoms with Gasteiger partial charge >= 0.3 is 0 Å². The summed E-state index contributed by atoms with van der Waals surface area (Å²) >= 11 is 0. The third kappa shape index (κ3) is 1.82. The summed E-state index contributed by atoms with van der Waals surface area (Å²) < 4.78 is 0. The van der Waals surface area contributed by atoms with Gasteiger partial charge in [0.25, 0.3) is 0 Å². The molecule has 3 heteroatoms. The molecule has 4 atom stereocenters. The van der Waals surface area contributed by atoms with E-state index < -0.39 is 0 Å². The SMILES string of the molecule is CC1=CC(=O)[C@H]2CC(=O)[C@@H]3CCC(=O)C[C@@]3(C)[C@@H]2C1. The minimum Gasteiger partial charge on any atom is -0.300 e. The Morgan fingerprint density at radius 2 is 1.95 bits per heavy atom.